The maximum Gasteiger partial charge on any atom is 0.245 e. The lowest BCUT2D eigenvalue weighted by molar-refractivity contribution is -0.141. The van der Waals surface area contributed by atoms with E-state index in [2.05, 4.69) is 21.3 Å². The van der Waals surface area contributed by atoms with Gasteiger partial charge in [-0.15, -0.1) is 0 Å². The number of carbonyl (C=O) groups excluding carboxylic acids is 6. The van der Waals surface area contributed by atoms with Gasteiger partial charge in [0.25, 0.3) is 0 Å². The molecule has 0 spiro atoms. The summed E-state index contributed by atoms with van der Waals surface area (Å²) in [6, 6.07) is 5.07. The number of nitrogens with one attached hydrogen (secondary N) is 4. The van der Waals surface area contributed by atoms with Gasteiger partial charge in [-0.05, 0) is 45.1 Å². The molecule has 4 rings (SSSR count). The van der Waals surface area contributed by atoms with E-state index in [1.807, 2.05) is 0 Å². The highest BCUT2D eigenvalue weighted by atomic mass is 31.2. The molecule has 6 atom stereocenters. The molecule has 1 aromatic rings. The molecule has 1 aromatic carbocycles. The average Bonchev–Trinajstić information content (AvgIpc) is 3.69. The molecule has 1 unspecified atom stereocenters. The Morgan fingerprint density at radius 2 is 1.43 bits per heavy atom. The van der Waals surface area contributed by atoms with Gasteiger partial charge in [0, 0.05) is 32.1 Å². The van der Waals surface area contributed by atoms with Gasteiger partial charge in [-0.3, -0.25) is 33.3 Å². The quantitative estimate of drug-likeness (QED) is 0.268. The van der Waals surface area contributed by atoms with Crippen molar-refractivity contribution in [3.8, 4) is 0 Å². The molecule has 15 heteroatoms. The minimum absolute atomic E-state index is 0.0167. The van der Waals surface area contributed by atoms with Gasteiger partial charge in [-0.1, -0.05) is 30.3 Å². The largest absolute Gasteiger partial charge is 0.345 e. The van der Waals surface area contributed by atoms with Crippen molar-refractivity contribution >= 4 is 42.8 Å². The van der Waals surface area contributed by atoms with Gasteiger partial charge in [-0.25, -0.2) is 0 Å². The van der Waals surface area contributed by atoms with Gasteiger partial charge in [0.15, 0.2) is 0 Å². The predicted octanol–water partition coefficient (Wildman–Crippen LogP) is -0.547. The van der Waals surface area contributed by atoms with Crippen LogP contribution in [0.1, 0.15) is 51.5 Å². The van der Waals surface area contributed by atoms with Crippen LogP contribution >= 0.6 is 7.37 Å². The lowest BCUT2D eigenvalue weighted by Gasteiger charge is -2.29. The summed E-state index contributed by atoms with van der Waals surface area (Å²) in [5.74, 6) is -4.62. The van der Waals surface area contributed by atoms with Crippen molar-refractivity contribution in [1.82, 2.24) is 31.1 Å². The number of amides is 6. The second kappa shape index (κ2) is 14.3. The Labute approximate surface area is 256 Å². The fourth-order valence-electron chi connectivity index (χ4n) is 5.87. The van der Waals surface area contributed by atoms with Crippen LogP contribution in [0.4, 0.5) is 0 Å². The van der Waals surface area contributed by atoms with Crippen LogP contribution in [0.15, 0.2) is 30.3 Å². The molecule has 0 saturated carbocycles. The van der Waals surface area contributed by atoms with E-state index in [9.17, 15) is 38.2 Å². The minimum Gasteiger partial charge on any atom is -0.345 e. The molecule has 3 heterocycles. The Morgan fingerprint density at radius 1 is 0.818 bits per heavy atom. The normalized spacial score (nSPS) is 31.7. The van der Waals surface area contributed by atoms with Crippen LogP contribution in [0.25, 0.3) is 0 Å². The molecule has 0 radical (unpaired) electrons. The first-order chi connectivity index (χ1) is 20.9. The lowest BCUT2D eigenvalue weighted by atomic mass is 10.1. The molecule has 240 valence electrons. The number of fused-ring (bicyclic) bond motifs is 2. The van der Waals surface area contributed by atoms with Crippen molar-refractivity contribution in [1.29, 1.82) is 0 Å². The Hall–Kier alpha value is -3.77. The molecule has 3 saturated heterocycles. The van der Waals surface area contributed by atoms with Gasteiger partial charge < -0.3 is 36.0 Å². The Bertz CT molecular complexity index is 1330. The predicted molar refractivity (Wildman–Crippen MR) is 159 cm³/mol. The van der Waals surface area contributed by atoms with Crippen molar-refractivity contribution in [2.75, 3.05) is 25.8 Å². The highest BCUT2D eigenvalue weighted by molar-refractivity contribution is 7.58. The molecule has 14 nitrogen and oxygen atoms in total. The number of benzene rings is 1. The lowest BCUT2D eigenvalue weighted by Crippen LogP contribution is -2.55. The highest BCUT2D eigenvalue weighted by Gasteiger charge is 2.40. The van der Waals surface area contributed by atoms with E-state index in [4.69, 9.17) is 0 Å². The monoisotopic (exact) mass is 632 g/mol. The molecule has 3 aliphatic rings. The summed E-state index contributed by atoms with van der Waals surface area (Å²) in [6.07, 6.45) is 0.969. The number of hydrogen-bond donors (Lipinski definition) is 5. The van der Waals surface area contributed by atoms with E-state index < -0.39 is 85.5 Å². The van der Waals surface area contributed by atoms with Crippen molar-refractivity contribution in [3.05, 3.63) is 35.9 Å². The van der Waals surface area contributed by atoms with E-state index in [1.165, 1.54) is 23.6 Å². The summed E-state index contributed by atoms with van der Waals surface area (Å²) in [6.45, 7) is 3.08. The molecule has 0 aromatic heterocycles. The summed E-state index contributed by atoms with van der Waals surface area (Å²) in [5.41, 5.74) is 0.695. The molecular weight excluding hydrogens is 591 g/mol. The van der Waals surface area contributed by atoms with Crippen LogP contribution < -0.4 is 21.3 Å². The van der Waals surface area contributed by atoms with Crippen LogP contribution in [0.2, 0.25) is 0 Å². The fraction of sp³-hybridized carbons (Fsp3) is 0.586. The zero-order valence-electron chi connectivity index (χ0n) is 25.0. The SMILES string of the molecule is C[C@@H]1NC(=O)[C@@H]2CCCN2C(=O)[C@H](C)NC(=O)CCP(=O)(O)[C@H](Cc2ccccc2)NC(=O)[C@@H]2CCCN2C(=O)CNC1=O. The molecule has 0 bridgehead atoms. The topological polar surface area (TPSA) is 194 Å². The van der Waals surface area contributed by atoms with E-state index in [0.29, 0.717) is 31.2 Å². The van der Waals surface area contributed by atoms with Gasteiger partial charge in [0.05, 0.1) is 6.54 Å². The Morgan fingerprint density at radius 3 is 2.11 bits per heavy atom. The van der Waals surface area contributed by atoms with Crippen molar-refractivity contribution < 1.29 is 38.2 Å². The number of hydrogen-bond acceptors (Lipinski definition) is 7. The Balaban J connectivity index is 1.59. The zero-order chi connectivity index (χ0) is 32.0. The van der Waals surface area contributed by atoms with Gasteiger partial charge in [0.1, 0.15) is 30.0 Å². The first-order valence-corrected chi connectivity index (χ1v) is 16.9. The minimum atomic E-state index is -4.20. The van der Waals surface area contributed by atoms with Crippen LogP contribution in [0.5, 0.6) is 0 Å². The maximum absolute atomic E-state index is 13.7. The third-order valence-corrected chi connectivity index (χ3v) is 10.5. The number of carbonyl (C=O) groups is 6. The number of rotatable bonds is 2. The first-order valence-electron chi connectivity index (χ1n) is 15.0. The first kappa shape index (κ1) is 33.1. The van der Waals surface area contributed by atoms with Gasteiger partial charge >= 0.3 is 0 Å². The molecule has 3 fully saturated rings. The molecular formula is C29H41N6O8P. The van der Waals surface area contributed by atoms with E-state index >= 15 is 0 Å². The third kappa shape index (κ3) is 8.03. The zero-order valence-corrected chi connectivity index (χ0v) is 25.9. The summed E-state index contributed by atoms with van der Waals surface area (Å²) < 4.78 is 13.7. The average molecular weight is 633 g/mol. The van der Waals surface area contributed by atoms with Crippen molar-refractivity contribution in [2.24, 2.45) is 0 Å². The Kier molecular flexibility index (Phi) is 10.8. The van der Waals surface area contributed by atoms with E-state index in [0.717, 1.165) is 0 Å². The second-order valence-electron chi connectivity index (χ2n) is 11.6. The summed E-state index contributed by atoms with van der Waals surface area (Å²) in [5, 5.41) is 10.3. The molecule has 3 aliphatic heterocycles. The van der Waals surface area contributed by atoms with Crippen molar-refractivity contribution in [3.63, 3.8) is 0 Å². The second-order valence-corrected chi connectivity index (χ2v) is 14.2. The fourth-order valence-corrected chi connectivity index (χ4v) is 7.53. The third-order valence-electron chi connectivity index (χ3n) is 8.36. The molecule has 6 amide bonds. The number of nitrogens with zero attached hydrogens (tertiary/aromatic N) is 2. The van der Waals surface area contributed by atoms with E-state index in [1.54, 1.807) is 30.3 Å². The van der Waals surface area contributed by atoms with E-state index in [-0.39, 0.29) is 25.9 Å². The summed E-state index contributed by atoms with van der Waals surface area (Å²) >= 11 is 0. The molecule has 5 N–H and O–H groups in total. The molecule has 0 aliphatic carbocycles. The van der Waals surface area contributed by atoms with Gasteiger partial charge in [0.2, 0.25) is 42.8 Å². The van der Waals surface area contributed by atoms with Gasteiger partial charge in [-0.2, -0.15) is 0 Å². The van der Waals surface area contributed by atoms with Crippen LogP contribution in [0, 0.1) is 0 Å². The summed E-state index contributed by atoms with van der Waals surface area (Å²) in [7, 11) is -4.20. The summed E-state index contributed by atoms with van der Waals surface area (Å²) in [4.78, 5) is 92.1. The standard InChI is InChI=1S/C29H41N6O8P/c1-18-26(38)30-17-25(37)34-13-6-10-21(34)28(40)33-24(16-20-8-4-3-5-9-20)44(42,43)15-12-23(36)31-19(2)29(41)35-14-7-11-22(35)27(39)32-18/h3-5,8-9,18-19,21-22,24H,6-7,10-17H2,1-2H3,(H,30,38)(H,31,36)(H,32,39)(H,33,40)(H,42,43)/t18-,19-,21-,22-,24+/m0/s1. The van der Waals surface area contributed by atoms with Crippen molar-refractivity contribution in [2.45, 2.75) is 82.3 Å². The molecule has 44 heavy (non-hydrogen) atoms. The van der Waals surface area contributed by atoms with Crippen LogP contribution in [0.3, 0.4) is 0 Å². The maximum atomic E-state index is 13.7. The van der Waals surface area contributed by atoms with Crippen LogP contribution in [-0.2, 0) is 39.8 Å². The van der Waals surface area contributed by atoms with Crippen LogP contribution in [-0.4, -0.2) is 106 Å². The smallest absolute Gasteiger partial charge is 0.245 e. The highest BCUT2D eigenvalue weighted by Crippen LogP contribution is 2.47.